The maximum Gasteiger partial charge on any atom is 0.0298 e. The van der Waals surface area contributed by atoms with Gasteiger partial charge in [-0.1, -0.05) is 24.8 Å². The van der Waals surface area contributed by atoms with Crippen LogP contribution in [-0.4, -0.2) is 6.04 Å². The summed E-state index contributed by atoms with van der Waals surface area (Å²) in [5, 5.41) is 3.24. The second-order valence-corrected chi connectivity index (χ2v) is 3.45. The third-order valence-corrected chi connectivity index (χ3v) is 1.40. The fraction of sp³-hybridized carbons (Fsp3) is 0.455. The second-order valence-electron chi connectivity index (χ2n) is 3.45. The van der Waals surface area contributed by atoms with Crippen LogP contribution in [0.5, 0.6) is 0 Å². The van der Waals surface area contributed by atoms with Crippen LogP contribution >= 0.6 is 0 Å². The van der Waals surface area contributed by atoms with Crippen molar-refractivity contribution in [2.75, 3.05) is 0 Å². The summed E-state index contributed by atoms with van der Waals surface area (Å²) >= 11 is 0. The molecule has 1 nitrogen and oxygen atoms in total. The van der Waals surface area contributed by atoms with Gasteiger partial charge >= 0.3 is 0 Å². The zero-order valence-electron chi connectivity index (χ0n) is 8.57. The van der Waals surface area contributed by atoms with Gasteiger partial charge in [0.15, 0.2) is 0 Å². The van der Waals surface area contributed by atoms with Crippen molar-refractivity contribution in [1.29, 1.82) is 0 Å². The molecule has 0 aliphatic carbocycles. The van der Waals surface area contributed by atoms with E-state index >= 15 is 0 Å². The maximum absolute atomic E-state index is 3.93. The molecule has 0 aliphatic heterocycles. The Morgan fingerprint density at radius 1 is 1.25 bits per heavy atom. The number of rotatable bonds is 4. The molecule has 0 aromatic carbocycles. The third-order valence-electron chi connectivity index (χ3n) is 1.40. The van der Waals surface area contributed by atoms with E-state index in [4.69, 9.17) is 0 Å². The minimum atomic E-state index is 0.436. The molecule has 68 valence electrons. The summed E-state index contributed by atoms with van der Waals surface area (Å²) in [4.78, 5) is 0. The first-order valence-corrected chi connectivity index (χ1v) is 4.23. The molecule has 0 saturated heterocycles. The Morgan fingerprint density at radius 2 is 1.75 bits per heavy atom. The molecule has 0 atom stereocenters. The summed E-state index contributed by atoms with van der Waals surface area (Å²) in [6, 6.07) is 0.436. The van der Waals surface area contributed by atoms with E-state index in [0.717, 1.165) is 16.8 Å². The molecule has 0 spiro atoms. The van der Waals surface area contributed by atoms with Crippen molar-refractivity contribution in [1.82, 2.24) is 5.32 Å². The van der Waals surface area contributed by atoms with Gasteiger partial charge < -0.3 is 5.32 Å². The lowest BCUT2D eigenvalue weighted by molar-refractivity contribution is 0.676. The van der Waals surface area contributed by atoms with Gasteiger partial charge in [0.25, 0.3) is 0 Å². The van der Waals surface area contributed by atoms with Crippen molar-refractivity contribution in [3.63, 3.8) is 0 Å². The molecule has 0 saturated carbocycles. The highest BCUT2D eigenvalue weighted by atomic mass is 14.9. The van der Waals surface area contributed by atoms with Crippen molar-refractivity contribution in [3.05, 3.63) is 36.1 Å². The molecule has 0 rings (SSSR count). The predicted molar refractivity (Wildman–Crippen MR) is 56.0 cm³/mol. The monoisotopic (exact) mass is 165 g/mol. The van der Waals surface area contributed by atoms with Crippen LogP contribution in [-0.2, 0) is 0 Å². The van der Waals surface area contributed by atoms with Gasteiger partial charge in [0.1, 0.15) is 0 Å². The van der Waals surface area contributed by atoms with Crippen LogP contribution in [0, 0.1) is 0 Å². The van der Waals surface area contributed by atoms with Crippen LogP contribution in [0.15, 0.2) is 36.1 Å². The first-order valence-electron chi connectivity index (χ1n) is 4.23. The van der Waals surface area contributed by atoms with E-state index in [0.29, 0.717) is 6.04 Å². The van der Waals surface area contributed by atoms with E-state index in [2.05, 4.69) is 32.3 Å². The van der Waals surface area contributed by atoms with Gasteiger partial charge in [-0.25, -0.2) is 0 Å². The first kappa shape index (κ1) is 11.0. The van der Waals surface area contributed by atoms with E-state index in [9.17, 15) is 0 Å². The van der Waals surface area contributed by atoms with Gasteiger partial charge in [0, 0.05) is 11.7 Å². The molecular formula is C11H19N. The van der Waals surface area contributed by atoms with Crippen molar-refractivity contribution < 1.29 is 0 Å². The van der Waals surface area contributed by atoms with Crippen LogP contribution in [0.2, 0.25) is 0 Å². The van der Waals surface area contributed by atoms with Crippen molar-refractivity contribution in [3.8, 4) is 0 Å². The number of hydrogen-bond donors (Lipinski definition) is 1. The van der Waals surface area contributed by atoms with Crippen LogP contribution in [0.3, 0.4) is 0 Å². The van der Waals surface area contributed by atoms with Gasteiger partial charge in [0.2, 0.25) is 0 Å². The molecule has 0 aliphatic rings. The van der Waals surface area contributed by atoms with Gasteiger partial charge in [-0.05, 0) is 33.3 Å². The number of allylic oxidation sites excluding steroid dienone is 3. The molecule has 0 aromatic heterocycles. The fourth-order valence-electron chi connectivity index (χ4n) is 0.919. The minimum absolute atomic E-state index is 0.436. The van der Waals surface area contributed by atoms with Crippen molar-refractivity contribution >= 4 is 0 Å². The molecular weight excluding hydrogens is 146 g/mol. The Morgan fingerprint density at radius 3 is 2.08 bits per heavy atom. The van der Waals surface area contributed by atoms with E-state index in [1.807, 2.05) is 19.9 Å². The Kier molecular flexibility index (Phi) is 4.42. The Hall–Kier alpha value is -0.980. The molecule has 0 fully saturated rings. The van der Waals surface area contributed by atoms with E-state index in [1.165, 1.54) is 0 Å². The zero-order chi connectivity index (χ0) is 9.72. The molecule has 0 unspecified atom stereocenters. The maximum atomic E-state index is 3.93. The average molecular weight is 165 g/mol. The molecule has 0 heterocycles. The summed E-state index contributed by atoms with van der Waals surface area (Å²) in [5.41, 5.74) is 3.18. The SMILES string of the molecule is C=C(C)C=C(C)C(=C)NC(C)C. The third kappa shape index (κ3) is 4.78. The van der Waals surface area contributed by atoms with Crippen LogP contribution in [0.25, 0.3) is 0 Å². The largest absolute Gasteiger partial charge is 0.383 e. The van der Waals surface area contributed by atoms with Crippen LogP contribution in [0.4, 0.5) is 0 Å². The molecule has 1 heteroatoms. The minimum Gasteiger partial charge on any atom is -0.383 e. The quantitative estimate of drug-likeness (QED) is 0.631. The van der Waals surface area contributed by atoms with E-state index < -0.39 is 0 Å². The zero-order valence-corrected chi connectivity index (χ0v) is 8.57. The van der Waals surface area contributed by atoms with Gasteiger partial charge in [-0.3, -0.25) is 0 Å². The standard InChI is InChI=1S/C11H19N/c1-8(2)7-10(5)11(6)12-9(3)4/h7,9,12H,1,6H2,2-5H3. The predicted octanol–water partition coefficient (Wildman–Crippen LogP) is 3.02. The Labute approximate surface area is 75.9 Å². The Balaban J connectivity index is 4.20. The molecule has 0 amide bonds. The molecule has 12 heavy (non-hydrogen) atoms. The highest BCUT2D eigenvalue weighted by Gasteiger charge is 1.97. The van der Waals surface area contributed by atoms with Gasteiger partial charge in [-0.2, -0.15) is 0 Å². The normalized spacial score (nSPS) is 11.6. The smallest absolute Gasteiger partial charge is 0.0298 e. The average Bonchev–Trinajstić information content (AvgIpc) is 1.84. The highest BCUT2D eigenvalue weighted by molar-refractivity contribution is 5.31. The van der Waals surface area contributed by atoms with Crippen molar-refractivity contribution in [2.45, 2.75) is 33.7 Å². The van der Waals surface area contributed by atoms with E-state index in [-0.39, 0.29) is 0 Å². The van der Waals surface area contributed by atoms with E-state index in [1.54, 1.807) is 0 Å². The van der Waals surface area contributed by atoms with Crippen molar-refractivity contribution in [2.24, 2.45) is 0 Å². The molecule has 0 aromatic rings. The summed E-state index contributed by atoms with van der Waals surface area (Å²) in [7, 11) is 0. The van der Waals surface area contributed by atoms with Gasteiger partial charge in [-0.15, -0.1) is 0 Å². The lowest BCUT2D eigenvalue weighted by Gasteiger charge is -2.13. The lowest BCUT2D eigenvalue weighted by atomic mass is 10.1. The fourth-order valence-corrected chi connectivity index (χ4v) is 0.919. The van der Waals surface area contributed by atoms with Crippen LogP contribution < -0.4 is 5.32 Å². The topological polar surface area (TPSA) is 12.0 Å². The summed E-state index contributed by atoms with van der Waals surface area (Å²) in [6.07, 6.45) is 2.03. The Bertz CT molecular complexity index is 209. The lowest BCUT2D eigenvalue weighted by Crippen LogP contribution is -2.21. The summed E-state index contributed by atoms with van der Waals surface area (Å²) in [6.45, 7) is 15.9. The summed E-state index contributed by atoms with van der Waals surface area (Å²) in [5.74, 6) is 0. The number of hydrogen-bond acceptors (Lipinski definition) is 1. The van der Waals surface area contributed by atoms with Crippen LogP contribution in [0.1, 0.15) is 27.7 Å². The van der Waals surface area contributed by atoms with Gasteiger partial charge in [0.05, 0.1) is 0 Å². The number of nitrogens with one attached hydrogen (secondary N) is 1. The summed E-state index contributed by atoms with van der Waals surface area (Å²) < 4.78 is 0. The molecule has 0 radical (unpaired) electrons. The molecule has 1 N–H and O–H groups in total. The highest BCUT2D eigenvalue weighted by Crippen LogP contribution is 2.07. The first-order chi connectivity index (χ1) is 5.43. The second kappa shape index (κ2) is 4.81. The molecule has 0 bridgehead atoms.